The average molecular weight is 443 g/mol. The van der Waals surface area contributed by atoms with E-state index in [4.69, 9.17) is 32.1 Å². The molecular weight excluding hydrogens is 423 g/mol. The first kappa shape index (κ1) is 21.1. The summed E-state index contributed by atoms with van der Waals surface area (Å²) in [6, 6.07) is 10.4. The first-order valence-electron chi connectivity index (χ1n) is 8.64. The minimum absolute atomic E-state index is 0.137. The van der Waals surface area contributed by atoms with Gasteiger partial charge in [-0.2, -0.15) is 8.42 Å². The van der Waals surface area contributed by atoms with Gasteiger partial charge in [0.15, 0.2) is 11.9 Å². The van der Waals surface area contributed by atoms with E-state index in [0.29, 0.717) is 10.8 Å². The van der Waals surface area contributed by atoms with Crippen LogP contribution < -0.4 is 4.74 Å². The standard InChI is InChI=1S/C20H20Cl2O5S/c1-11-5-4-6-14(12(11)2)18-15(10-26-28(3,24)25)20(19(18)23)27-17-8-7-13(21)9-16(17)22/h4-9,15,18,20H,10H2,1-3H3/t15-,18-,20-/m0/s1. The Hall–Kier alpha value is -1.60. The lowest BCUT2D eigenvalue weighted by Crippen LogP contribution is -2.55. The molecule has 28 heavy (non-hydrogen) atoms. The zero-order valence-corrected chi connectivity index (χ0v) is 17.9. The number of halogens is 2. The van der Waals surface area contributed by atoms with Crippen molar-refractivity contribution < 1.29 is 22.1 Å². The summed E-state index contributed by atoms with van der Waals surface area (Å²) >= 11 is 12.1. The molecule has 1 saturated carbocycles. The van der Waals surface area contributed by atoms with Crippen LogP contribution in [0.15, 0.2) is 36.4 Å². The predicted molar refractivity (Wildman–Crippen MR) is 109 cm³/mol. The van der Waals surface area contributed by atoms with Gasteiger partial charge in [0.2, 0.25) is 0 Å². The van der Waals surface area contributed by atoms with Crippen molar-refractivity contribution in [2.45, 2.75) is 25.9 Å². The number of benzene rings is 2. The third-order valence-electron chi connectivity index (χ3n) is 5.01. The Balaban J connectivity index is 1.91. The van der Waals surface area contributed by atoms with Crippen LogP contribution in [-0.2, 0) is 19.1 Å². The number of rotatable bonds is 6. The highest BCUT2D eigenvalue weighted by Crippen LogP contribution is 2.44. The van der Waals surface area contributed by atoms with Crippen LogP contribution in [0.3, 0.4) is 0 Å². The summed E-state index contributed by atoms with van der Waals surface area (Å²) in [4.78, 5) is 12.9. The number of hydrogen-bond donors (Lipinski definition) is 0. The van der Waals surface area contributed by atoms with Crippen LogP contribution >= 0.6 is 23.2 Å². The van der Waals surface area contributed by atoms with Crippen molar-refractivity contribution in [3.05, 3.63) is 63.1 Å². The van der Waals surface area contributed by atoms with E-state index in [1.54, 1.807) is 12.1 Å². The van der Waals surface area contributed by atoms with E-state index < -0.39 is 28.1 Å². The molecule has 0 amide bonds. The molecule has 0 bridgehead atoms. The van der Waals surface area contributed by atoms with Crippen LogP contribution in [0.5, 0.6) is 5.75 Å². The Morgan fingerprint density at radius 3 is 2.46 bits per heavy atom. The molecule has 2 aromatic carbocycles. The number of aryl methyl sites for hydroxylation is 1. The second-order valence-electron chi connectivity index (χ2n) is 6.93. The maximum atomic E-state index is 12.9. The summed E-state index contributed by atoms with van der Waals surface area (Å²) < 4.78 is 33.8. The predicted octanol–water partition coefficient (Wildman–Crippen LogP) is 4.32. The molecule has 0 aliphatic heterocycles. The normalized spacial score (nSPS) is 22.0. The van der Waals surface area contributed by atoms with Gasteiger partial charge in [0, 0.05) is 10.9 Å². The van der Waals surface area contributed by atoms with E-state index in [2.05, 4.69) is 0 Å². The molecule has 1 aliphatic rings. The molecule has 0 saturated heterocycles. The maximum absolute atomic E-state index is 12.9. The van der Waals surface area contributed by atoms with Crippen molar-refractivity contribution in [2.24, 2.45) is 5.92 Å². The molecule has 3 rings (SSSR count). The third-order valence-corrected chi connectivity index (χ3v) is 6.10. The largest absolute Gasteiger partial charge is 0.481 e. The molecule has 0 aromatic heterocycles. The molecule has 150 valence electrons. The lowest BCUT2D eigenvalue weighted by molar-refractivity contribution is -0.145. The number of carbonyl (C=O) groups excluding carboxylic acids is 1. The number of ketones is 1. The van der Waals surface area contributed by atoms with Gasteiger partial charge in [-0.05, 0) is 48.7 Å². The molecule has 0 radical (unpaired) electrons. The zero-order valence-electron chi connectivity index (χ0n) is 15.6. The highest BCUT2D eigenvalue weighted by Gasteiger charge is 2.53. The van der Waals surface area contributed by atoms with Crippen LogP contribution in [0.4, 0.5) is 0 Å². The second kappa shape index (κ2) is 8.03. The molecule has 0 heterocycles. The van der Waals surface area contributed by atoms with Crippen molar-refractivity contribution in [1.82, 2.24) is 0 Å². The van der Waals surface area contributed by atoms with Crippen molar-refractivity contribution in [2.75, 3.05) is 12.9 Å². The van der Waals surface area contributed by atoms with Gasteiger partial charge < -0.3 is 4.74 Å². The van der Waals surface area contributed by atoms with E-state index in [1.165, 1.54) is 6.07 Å². The number of Topliss-reactive ketones (excluding diaryl/α,β-unsaturated/α-hetero) is 1. The Bertz CT molecular complexity index is 1020. The Kier molecular flexibility index (Phi) is 6.05. The average Bonchev–Trinajstić information content (AvgIpc) is 2.60. The number of ether oxygens (including phenoxy) is 1. The number of carbonyl (C=O) groups is 1. The first-order valence-corrected chi connectivity index (χ1v) is 11.2. The van der Waals surface area contributed by atoms with E-state index in [1.807, 2.05) is 32.0 Å². The van der Waals surface area contributed by atoms with Crippen LogP contribution in [-0.4, -0.2) is 33.2 Å². The van der Waals surface area contributed by atoms with Gasteiger partial charge in [0.05, 0.1) is 23.8 Å². The molecule has 1 aliphatic carbocycles. The minimum atomic E-state index is -3.66. The van der Waals surface area contributed by atoms with E-state index in [0.717, 1.165) is 22.9 Å². The molecule has 0 unspecified atom stereocenters. The minimum Gasteiger partial charge on any atom is -0.481 e. The Labute approximate surface area is 174 Å². The number of hydrogen-bond acceptors (Lipinski definition) is 5. The van der Waals surface area contributed by atoms with E-state index >= 15 is 0 Å². The molecule has 8 heteroatoms. The van der Waals surface area contributed by atoms with Crippen LogP contribution in [0.25, 0.3) is 0 Å². The smallest absolute Gasteiger partial charge is 0.264 e. The van der Waals surface area contributed by atoms with E-state index in [9.17, 15) is 13.2 Å². The molecule has 1 fully saturated rings. The van der Waals surface area contributed by atoms with Crippen LogP contribution in [0.1, 0.15) is 22.6 Å². The fourth-order valence-electron chi connectivity index (χ4n) is 3.39. The van der Waals surface area contributed by atoms with Gasteiger partial charge in [-0.25, -0.2) is 0 Å². The van der Waals surface area contributed by atoms with Crippen molar-refractivity contribution in [3.63, 3.8) is 0 Å². The highest BCUT2D eigenvalue weighted by molar-refractivity contribution is 7.85. The maximum Gasteiger partial charge on any atom is 0.264 e. The molecule has 2 aromatic rings. The van der Waals surface area contributed by atoms with E-state index in [-0.39, 0.29) is 17.4 Å². The van der Waals surface area contributed by atoms with Gasteiger partial charge in [0.25, 0.3) is 10.1 Å². The Morgan fingerprint density at radius 1 is 1.11 bits per heavy atom. The summed E-state index contributed by atoms with van der Waals surface area (Å²) in [6.07, 6.45) is 0.122. The fraction of sp³-hybridized carbons (Fsp3) is 0.350. The molecule has 0 spiro atoms. The van der Waals surface area contributed by atoms with Gasteiger partial charge in [-0.15, -0.1) is 0 Å². The fourth-order valence-corrected chi connectivity index (χ4v) is 4.25. The second-order valence-corrected chi connectivity index (χ2v) is 9.42. The van der Waals surface area contributed by atoms with Crippen molar-refractivity contribution in [3.8, 4) is 5.75 Å². The third kappa shape index (κ3) is 4.35. The topological polar surface area (TPSA) is 69.7 Å². The van der Waals surface area contributed by atoms with Crippen LogP contribution in [0.2, 0.25) is 10.0 Å². The van der Waals surface area contributed by atoms with Gasteiger partial charge >= 0.3 is 0 Å². The quantitative estimate of drug-likeness (QED) is 0.623. The first-order chi connectivity index (χ1) is 13.1. The highest BCUT2D eigenvalue weighted by atomic mass is 35.5. The monoisotopic (exact) mass is 442 g/mol. The molecule has 3 atom stereocenters. The SMILES string of the molecule is Cc1cccc([C@@H]2C(=O)[C@@H](Oc3ccc(Cl)cc3Cl)[C@H]2COS(C)(=O)=O)c1C. The molecule has 0 N–H and O–H groups in total. The lowest BCUT2D eigenvalue weighted by atomic mass is 9.65. The summed E-state index contributed by atoms with van der Waals surface area (Å²) in [6.45, 7) is 3.75. The van der Waals surface area contributed by atoms with Crippen molar-refractivity contribution in [1.29, 1.82) is 0 Å². The van der Waals surface area contributed by atoms with Gasteiger partial charge in [-0.1, -0.05) is 41.4 Å². The van der Waals surface area contributed by atoms with Crippen LogP contribution in [0, 0.1) is 19.8 Å². The zero-order chi connectivity index (χ0) is 20.6. The van der Waals surface area contributed by atoms with Gasteiger partial charge in [-0.3, -0.25) is 8.98 Å². The summed E-state index contributed by atoms with van der Waals surface area (Å²) in [5.74, 6) is -0.790. The lowest BCUT2D eigenvalue weighted by Gasteiger charge is -2.43. The summed E-state index contributed by atoms with van der Waals surface area (Å²) in [5, 5.41) is 0.723. The Morgan fingerprint density at radius 2 is 1.82 bits per heavy atom. The van der Waals surface area contributed by atoms with Gasteiger partial charge in [0.1, 0.15) is 5.75 Å². The summed E-state index contributed by atoms with van der Waals surface area (Å²) in [5.41, 5.74) is 2.90. The summed E-state index contributed by atoms with van der Waals surface area (Å²) in [7, 11) is -3.66. The molecule has 5 nitrogen and oxygen atoms in total. The van der Waals surface area contributed by atoms with Crippen molar-refractivity contribution >= 4 is 39.1 Å². The molecular formula is C20H20Cl2O5S.